The molecule has 0 aliphatic carbocycles. The number of benzene rings is 2. The Bertz CT molecular complexity index is 795. The molecule has 0 unspecified atom stereocenters. The Hall–Kier alpha value is -1.84. The maximum absolute atomic E-state index is 12.3. The molecule has 4 nitrogen and oxygen atoms in total. The largest absolute Gasteiger partial charge is 0.280 e. The van der Waals surface area contributed by atoms with E-state index in [1.807, 2.05) is 13.0 Å². The molecule has 0 saturated heterocycles. The summed E-state index contributed by atoms with van der Waals surface area (Å²) in [5.41, 5.74) is 1.49. The molecule has 0 radical (unpaired) electrons. The van der Waals surface area contributed by atoms with Crippen LogP contribution in [0.25, 0.3) is 0 Å². The lowest BCUT2D eigenvalue weighted by molar-refractivity contribution is 0.601. The Balaban J connectivity index is 2.41. The van der Waals surface area contributed by atoms with Gasteiger partial charge in [-0.05, 0) is 42.8 Å². The topological polar surface area (TPSA) is 70.0 Å². The number of hydrogen-bond donors (Lipinski definition) is 1. The molecule has 0 aliphatic rings. The van der Waals surface area contributed by atoms with Gasteiger partial charge in [-0.3, -0.25) is 4.72 Å². The van der Waals surface area contributed by atoms with E-state index in [4.69, 9.17) is 5.26 Å². The van der Waals surface area contributed by atoms with E-state index >= 15 is 0 Å². The maximum Gasteiger partial charge on any atom is 0.263 e. The van der Waals surface area contributed by atoms with E-state index < -0.39 is 10.0 Å². The summed E-state index contributed by atoms with van der Waals surface area (Å²) in [4.78, 5) is -0.0249. The van der Waals surface area contributed by atoms with Crippen molar-refractivity contribution >= 4 is 31.6 Å². The van der Waals surface area contributed by atoms with E-state index in [2.05, 4.69) is 20.7 Å². The monoisotopic (exact) mass is 350 g/mol. The maximum atomic E-state index is 12.3. The van der Waals surface area contributed by atoms with Gasteiger partial charge in [0.25, 0.3) is 10.0 Å². The van der Waals surface area contributed by atoms with Crippen LogP contribution in [0.2, 0.25) is 0 Å². The van der Waals surface area contributed by atoms with Gasteiger partial charge in [0.05, 0.1) is 5.56 Å². The number of hydrogen-bond acceptors (Lipinski definition) is 3. The summed E-state index contributed by atoms with van der Waals surface area (Å²) in [5.74, 6) is 0. The predicted octanol–water partition coefficient (Wildman–Crippen LogP) is 3.43. The van der Waals surface area contributed by atoms with Crippen molar-refractivity contribution in [2.24, 2.45) is 0 Å². The third-order valence-electron chi connectivity index (χ3n) is 2.71. The highest BCUT2D eigenvalue weighted by atomic mass is 79.9. The number of nitrogens with zero attached hydrogens (tertiary/aromatic N) is 1. The molecular formula is C14H11BrN2O2S. The van der Waals surface area contributed by atoms with E-state index in [0.29, 0.717) is 5.69 Å². The van der Waals surface area contributed by atoms with Crippen LogP contribution < -0.4 is 4.72 Å². The van der Waals surface area contributed by atoms with Crippen LogP contribution in [0.1, 0.15) is 11.1 Å². The van der Waals surface area contributed by atoms with Gasteiger partial charge >= 0.3 is 0 Å². The molecular weight excluding hydrogens is 340 g/mol. The third-order valence-corrected chi connectivity index (χ3v) is 5.04. The number of rotatable bonds is 3. The van der Waals surface area contributed by atoms with Crippen molar-refractivity contribution in [2.75, 3.05) is 4.72 Å². The SMILES string of the molecule is Cc1cc(NS(=O)(=O)c2ccccc2C#N)ccc1Br. The lowest BCUT2D eigenvalue weighted by Gasteiger charge is -2.10. The van der Waals surface area contributed by atoms with Gasteiger partial charge in [-0.15, -0.1) is 0 Å². The lowest BCUT2D eigenvalue weighted by Crippen LogP contribution is -2.14. The van der Waals surface area contributed by atoms with E-state index in [0.717, 1.165) is 10.0 Å². The molecule has 2 aromatic rings. The van der Waals surface area contributed by atoms with Crippen LogP contribution >= 0.6 is 15.9 Å². The summed E-state index contributed by atoms with van der Waals surface area (Å²) >= 11 is 3.36. The van der Waals surface area contributed by atoms with E-state index in [9.17, 15) is 8.42 Å². The normalized spacial score (nSPS) is 10.8. The summed E-state index contributed by atoms with van der Waals surface area (Å²) in [5, 5.41) is 8.98. The van der Waals surface area contributed by atoms with Crippen molar-refractivity contribution in [1.82, 2.24) is 0 Å². The quantitative estimate of drug-likeness (QED) is 0.921. The second-order valence-electron chi connectivity index (χ2n) is 4.18. The highest BCUT2D eigenvalue weighted by molar-refractivity contribution is 9.10. The van der Waals surface area contributed by atoms with Crippen molar-refractivity contribution in [3.8, 4) is 6.07 Å². The molecule has 0 fully saturated rings. The predicted molar refractivity (Wildman–Crippen MR) is 80.8 cm³/mol. The van der Waals surface area contributed by atoms with Crippen LogP contribution in [-0.2, 0) is 10.0 Å². The van der Waals surface area contributed by atoms with Crippen molar-refractivity contribution in [3.05, 3.63) is 58.1 Å². The number of aryl methyl sites for hydroxylation is 1. The summed E-state index contributed by atoms with van der Waals surface area (Å²) in [6.45, 7) is 1.87. The zero-order valence-corrected chi connectivity index (χ0v) is 13.0. The second kappa shape index (κ2) is 5.65. The van der Waals surface area contributed by atoms with Crippen LogP contribution in [0, 0.1) is 18.3 Å². The average molecular weight is 351 g/mol. The van der Waals surface area contributed by atoms with Crippen LogP contribution in [0.4, 0.5) is 5.69 Å². The van der Waals surface area contributed by atoms with Gasteiger partial charge in [-0.1, -0.05) is 28.1 Å². The molecule has 0 bridgehead atoms. The fourth-order valence-corrected chi connectivity index (χ4v) is 3.17. The van der Waals surface area contributed by atoms with Crippen molar-refractivity contribution < 1.29 is 8.42 Å². The first-order chi connectivity index (χ1) is 9.44. The first-order valence-corrected chi connectivity index (χ1v) is 8.00. The molecule has 0 amide bonds. The van der Waals surface area contributed by atoms with Crippen LogP contribution in [0.15, 0.2) is 51.8 Å². The van der Waals surface area contributed by atoms with Gasteiger partial charge in [0, 0.05) is 10.2 Å². The number of sulfonamides is 1. The summed E-state index contributed by atoms with van der Waals surface area (Å²) < 4.78 is 28.0. The van der Waals surface area contributed by atoms with Gasteiger partial charge in [0.15, 0.2) is 0 Å². The fraction of sp³-hybridized carbons (Fsp3) is 0.0714. The van der Waals surface area contributed by atoms with E-state index in [1.165, 1.54) is 12.1 Å². The lowest BCUT2D eigenvalue weighted by atomic mass is 10.2. The first kappa shape index (κ1) is 14.6. The van der Waals surface area contributed by atoms with Crippen LogP contribution in [0.3, 0.4) is 0 Å². The summed E-state index contributed by atoms with van der Waals surface area (Å²) in [6.07, 6.45) is 0. The molecule has 0 spiro atoms. The van der Waals surface area contributed by atoms with Gasteiger partial charge < -0.3 is 0 Å². The number of nitriles is 1. The third kappa shape index (κ3) is 3.00. The molecule has 102 valence electrons. The van der Waals surface area contributed by atoms with E-state index in [-0.39, 0.29) is 10.5 Å². The minimum absolute atomic E-state index is 0.0249. The Morgan fingerprint density at radius 1 is 1.20 bits per heavy atom. The number of halogens is 1. The zero-order valence-electron chi connectivity index (χ0n) is 10.6. The Morgan fingerprint density at radius 2 is 1.90 bits per heavy atom. The van der Waals surface area contributed by atoms with Crippen molar-refractivity contribution in [2.45, 2.75) is 11.8 Å². The molecule has 0 atom stereocenters. The highest BCUT2D eigenvalue weighted by Crippen LogP contribution is 2.23. The van der Waals surface area contributed by atoms with E-state index in [1.54, 1.807) is 30.3 Å². The Kier molecular flexibility index (Phi) is 4.12. The van der Waals surface area contributed by atoms with Gasteiger partial charge in [-0.25, -0.2) is 8.42 Å². The molecule has 0 aliphatic heterocycles. The smallest absolute Gasteiger partial charge is 0.263 e. The van der Waals surface area contributed by atoms with Gasteiger partial charge in [0.2, 0.25) is 0 Å². The average Bonchev–Trinajstić information content (AvgIpc) is 2.42. The molecule has 0 aromatic heterocycles. The number of nitrogens with one attached hydrogen (secondary N) is 1. The number of anilines is 1. The minimum atomic E-state index is -3.77. The van der Waals surface area contributed by atoms with Gasteiger partial charge in [0.1, 0.15) is 11.0 Å². The zero-order chi connectivity index (χ0) is 14.8. The van der Waals surface area contributed by atoms with Crippen molar-refractivity contribution in [1.29, 1.82) is 5.26 Å². The standard InChI is InChI=1S/C14H11BrN2O2S/c1-10-8-12(6-7-13(10)15)17-20(18,19)14-5-3-2-4-11(14)9-16/h2-8,17H,1H3. The Labute approximate surface area is 126 Å². The van der Waals surface area contributed by atoms with Crippen LogP contribution in [0.5, 0.6) is 0 Å². The molecule has 0 heterocycles. The van der Waals surface area contributed by atoms with Crippen molar-refractivity contribution in [3.63, 3.8) is 0 Å². The fourth-order valence-electron chi connectivity index (χ4n) is 1.71. The molecule has 0 saturated carbocycles. The molecule has 1 N–H and O–H groups in total. The molecule has 6 heteroatoms. The minimum Gasteiger partial charge on any atom is -0.280 e. The molecule has 20 heavy (non-hydrogen) atoms. The molecule has 2 rings (SSSR count). The van der Waals surface area contributed by atoms with Gasteiger partial charge in [-0.2, -0.15) is 5.26 Å². The molecule has 2 aromatic carbocycles. The Morgan fingerprint density at radius 3 is 2.55 bits per heavy atom. The second-order valence-corrected chi connectivity index (χ2v) is 6.68. The summed E-state index contributed by atoms with van der Waals surface area (Å²) in [7, 11) is -3.77. The highest BCUT2D eigenvalue weighted by Gasteiger charge is 2.18. The van der Waals surface area contributed by atoms with Crippen LogP contribution in [-0.4, -0.2) is 8.42 Å². The first-order valence-electron chi connectivity index (χ1n) is 5.72. The summed E-state index contributed by atoms with van der Waals surface area (Å²) in [6, 6.07) is 13.1.